The van der Waals surface area contributed by atoms with E-state index in [2.05, 4.69) is 9.98 Å². The number of nitrogens with zero attached hydrogens (tertiary/aromatic N) is 2. The van der Waals surface area contributed by atoms with Crippen LogP contribution in [0.3, 0.4) is 0 Å². The Morgan fingerprint density at radius 3 is 2.64 bits per heavy atom. The van der Waals surface area contributed by atoms with Gasteiger partial charge >= 0.3 is 5.63 Å². The van der Waals surface area contributed by atoms with Crippen LogP contribution in [0.15, 0.2) is 62.7 Å². The van der Waals surface area contributed by atoms with Crippen molar-refractivity contribution in [3.05, 3.63) is 64.5 Å². The maximum absolute atomic E-state index is 12.1. The van der Waals surface area contributed by atoms with Crippen molar-refractivity contribution in [2.75, 3.05) is 13.2 Å². The highest BCUT2D eigenvalue weighted by molar-refractivity contribution is 5.98. The molecule has 1 aromatic heterocycles. The molecule has 0 saturated heterocycles. The molecule has 0 radical (unpaired) electrons. The highest BCUT2D eigenvalue weighted by Crippen LogP contribution is 2.19. The fraction of sp³-hybridized carbons (Fsp3) is 0.118. The second kappa shape index (κ2) is 5.11. The van der Waals surface area contributed by atoms with Crippen molar-refractivity contribution in [2.24, 2.45) is 4.99 Å². The fourth-order valence-electron chi connectivity index (χ4n) is 2.42. The molecule has 0 fully saturated rings. The van der Waals surface area contributed by atoms with Crippen LogP contribution >= 0.6 is 0 Å². The number of benzene rings is 2. The van der Waals surface area contributed by atoms with Crippen LogP contribution in [0.1, 0.15) is 5.56 Å². The first-order valence-corrected chi connectivity index (χ1v) is 6.99. The summed E-state index contributed by atoms with van der Waals surface area (Å²) in [5.41, 5.74) is 1.76. The first-order chi connectivity index (χ1) is 10.8. The van der Waals surface area contributed by atoms with Gasteiger partial charge in [-0.25, -0.2) is 14.8 Å². The van der Waals surface area contributed by atoms with E-state index in [1.807, 2.05) is 36.4 Å². The van der Waals surface area contributed by atoms with Crippen molar-refractivity contribution in [3.8, 4) is 11.5 Å². The molecule has 3 aromatic rings. The third-order valence-electron chi connectivity index (χ3n) is 3.48. The van der Waals surface area contributed by atoms with Gasteiger partial charge in [0.15, 0.2) is 0 Å². The van der Waals surface area contributed by atoms with Crippen LogP contribution in [-0.4, -0.2) is 24.0 Å². The van der Waals surface area contributed by atoms with Gasteiger partial charge in [0.25, 0.3) is 0 Å². The van der Waals surface area contributed by atoms with E-state index < -0.39 is 5.63 Å². The number of aliphatic imine (C=N–C) groups is 1. The molecule has 0 bridgehead atoms. The minimum absolute atomic E-state index is 0.310. The van der Waals surface area contributed by atoms with Crippen LogP contribution in [0.4, 0.5) is 0 Å². The lowest BCUT2D eigenvalue weighted by Crippen LogP contribution is -2.06. The van der Waals surface area contributed by atoms with Crippen molar-refractivity contribution >= 4 is 16.8 Å². The smallest absolute Gasteiger partial charge is 0.347 e. The molecule has 0 spiro atoms. The van der Waals surface area contributed by atoms with Crippen LogP contribution < -0.4 is 5.63 Å². The molecule has 0 saturated carbocycles. The maximum atomic E-state index is 12.1. The Morgan fingerprint density at radius 2 is 1.86 bits per heavy atom. The zero-order valence-corrected chi connectivity index (χ0v) is 11.7. The standard InChI is InChI=1S/C17H12N2O3/c20-17-13-7-6-12(15-18-8-9-21-15)10-14(13)19-16(22-17)11-4-2-1-3-5-11/h1-7,10H,8-9H2. The van der Waals surface area contributed by atoms with E-state index in [9.17, 15) is 4.79 Å². The number of fused-ring (bicyclic) bond motifs is 1. The third-order valence-corrected chi connectivity index (χ3v) is 3.48. The van der Waals surface area contributed by atoms with Crippen LogP contribution in [0.5, 0.6) is 0 Å². The molecule has 1 aliphatic heterocycles. The largest absolute Gasteiger partial charge is 0.476 e. The Kier molecular flexibility index (Phi) is 2.96. The van der Waals surface area contributed by atoms with Crippen molar-refractivity contribution in [3.63, 3.8) is 0 Å². The molecule has 0 aliphatic carbocycles. The van der Waals surface area contributed by atoms with E-state index in [-0.39, 0.29) is 0 Å². The van der Waals surface area contributed by atoms with Crippen LogP contribution in [0.2, 0.25) is 0 Å². The normalized spacial score (nSPS) is 13.9. The van der Waals surface area contributed by atoms with Crippen LogP contribution in [0.25, 0.3) is 22.4 Å². The summed E-state index contributed by atoms with van der Waals surface area (Å²) in [6.45, 7) is 1.25. The Labute approximate surface area is 125 Å². The number of rotatable bonds is 2. The van der Waals surface area contributed by atoms with Gasteiger partial charge in [0.1, 0.15) is 6.61 Å². The molecule has 0 unspecified atom stereocenters. The van der Waals surface area contributed by atoms with E-state index in [1.54, 1.807) is 12.1 Å². The molecule has 2 heterocycles. The van der Waals surface area contributed by atoms with Gasteiger partial charge in [0.2, 0.25) is 11.8 Å². The summed E-state index contributed by atoms with van der Waals surface area (Å²) in [6.07, 6.45) is 0. The highest BCUT2D eigenvalue weighted by Gasteiger charge is 2.13. The second-order valence-electron chi connectivity index (χ2n) is 4.94. The topological polar surface area (TPSA) is 64.7 Å². The van der Waals surface area contributed by atoms with Crippen molar-refractivity contribution in [1.29, 1.82) is 0 Å². The van der Waals surface area contributed by atoms with Gasteiger partial charge in [0.05, 0.1) is 17.4 Å². The number of hydrogen-bond acceptors (Lipinski definition) is 5. The Morgan fingerprint density at radius 1 is 1.00 bits per heavy atom. The van der Waals surface area contributed by atoms with E-state index in [1.165, 1.54) is 0 Å². The number of hydrogen-bond donors (Lipinski definition) is 0. The fourth-order valence-corrected chi connectivity index (χ4v) is 2.42. The first-order valence-electron chi connectivity index (χ1n) is 6.99. The van der Waals surface area contributed by atoms with Gasteiger partial charge in [0, 0.05) is 11.1 Å². The van der Waals surface area contributed by atoms with Crippen molar-refractivity contribution in [2.45, 2.75) is 0 Å². The number of ether oxygens (including phenoxy) is 1. The predicted octanol–water partition coefficient (Wildman–Crippen LogP) is 2.63. The molecule has 0 amide bonds. The monoisotopic (exact) mass is 292 g/mol. The number of aromatic nitrogens is 1. The van der Waals surface area contributed by atoms with Gasteiger partial charge in [-0.1, -0.05) is 18.2 Å². The van der Waals surface area contributed by atoms with Crippen molar-refractivity contribution < 1.29 is 9.15 Å². The zero-order chi connectivity index (χ0) is 14.9. The van der Waals surface area contributed by atoms with E-state index in [4.69, 9.17) is 9.15 Å². The van der Waals surface area contributed by atoms with Gasteiger partial charge in [-0.15, -0.1) is 0 Å². The summed E-state index contributed by atoms with van der Waals surface area (Å²) >= 11 is 0. The predicted molar refractivity (Wildman–Crippen MR) is 83.1 cm³/mol. The molecule has 4 rings (SSSR count). The van der Waals surface area contributed by atoms with Crippen molar-refractivity contribution in [1.82, 2.24) is 4.98 Å². The summed E-state index contributed by atoms with van der Waals surface area (Å²) < 4.78 is 10.8. The SMILES string of the molecule is O=c1oc(-c2ccccc2)nc2cc(C3=NCCO3)ccc12. The molecule has 108 valence electrons. The molecule has 2 aromatic carbocycles. The maximum Gasteiger partial charge on any atom is 0.347 e. The lowest BCUT2D eigenvalue weighted by atomic mass is 10.1. The minimum atomic E-state index is -0.398. The third kappa shape index (κ3) is 2.16. The minimum Gasteiger partial charge on any atom is -0.476 e. The Bertz CT molecular complexity index is 930. The van der Waals surface area contributed by atoms with E-state index in [0.717, 1.165) is 11.1 Å². The second-order valence-corrected chi connectivity index (χ2v) is 4.94. The molecule has 22 heavy (non-hydrogen) atoms. The van der Waals surface area contributed by atoms with E-state index >= 15 is 0 Å². The highest BCUT2D eigenvalue weighted by atomic mass is 16.5. The summed E-state index contributed by atoms with van der Waals surface area (Å²) in [4.78, 5) is 20.9. The van der Waals surface area contributed by atoms with Gasteiger partial charge in [-0.05, 0) is 30.3 Å². The lowest BCUT2D eigenvalue weighted by molar-refractivity contribution is 0.348. The quantitative estimate of drug-likeness (QED) is 0.728. The summed E-state index contributed by atoms with van der Waals surface area (Å²) in [7, 11) is 0. The average Bonchev–Trinajstić information content (AvgIpc) is 3.09. The molecular formula is C17H12N2O3. The van der Waals surface area contributed by atoms with Gasteiger partial charge < -0.3 is 9.15 Å². The molecule has 1 aliphatic rings. The first kappa shape index (κ1) is 12.8. The molecule has 5 nitrogen and oxygen atoms in total. The van der Waals surface area contributed by atoms with Crippen LogP contribution in [-0.2, 0) is 4.74 Å². The molecule has 0 N–H and O–H groups in total. The lowest BCUT2D eigenvalue weighted by Gasteiger charge is -2.04. The Hall–Kier alpha value is -2.95. The summed E-state index contributed by atoms with van der Waals surface area (Å²) in [6, 6.07) is 14.7. The van der Waals surface area contributed by atoms with E-state index in [0.29, 0.717) is 35.8 Å². The van der Waals surface area contributed by atoms with Gasteiger partial charge in [-0.2, -0.15) is 0 Å². The summed E-state index contributed by atoms with van der Waals surface area (Å²) in [5, 5.41) is 0.446. The van der Waals surface area contributed by atoms with Gasteiger partial charge in [-0.3, -0.25) is 0 Å². The Balaban J connectivity index is 1.90. The van der Waals surface area contributed by atoms with Crippen LogP contribution in [0, 0.1) is 0 Å². The zero-order valence-electron chi connectivity index (χ0n) is 11.7. The molecule has 5 heteroatoms. The molecular weight excluding hydrogens is 280 g/mol. The summed E-state index contributed by atoms with van der Waals surface area (Å²) in [5.74, 6) is 0.905. The average molecular weight is 292 g/mol. The molecule has 0 atom stereocenters.